The van der Waals surface area contributed by atoms with Gasteiger partial charge in [0.2, 0.25) is 5.91 Å². The second kappa shape index (κ2) is 9.26. The van der Waals surface area contributed by atoms with Gasteiger partial charge in [0.15, 0.2) is 0 Å². The van der Waals surface area contributed by atoms with Crippen molar-refractivity contribution < 1.29 is 14.3 Å². The Bertz CT molecular complexity index is 711. The number of nitrogens with one attached hydrogen (secondary N) is 1. The van der Waals surface area contributed by atoms with Gasteiger partial charge in [-0.15, -0.1) is 0 Å². The molecule has 0 saturated carbocycles. The van der Waals surface area contributed by atoms with E-state index in [0.29, 0.717) is 36.4 Å². The minimum atomic E-state index is -0.0542. The molecule has 3 aliphatic rings. The van der Waals surface area contributed by atoms with Crippen LogP contribution in [0.25, 0.3) is 0 Å². The number of nitrogens with zero attached hydrogens (tertiary/aromatic N) is 2. The predicted molar refractivity (Wildman–Crippen MR) is 112 cm³/mol. The molecule has 1 N–H and O–H groups in total. The molecule has 6 heteroatoms. The van der Waals surface area contributed by atoms with E-state index in [4.69, 9.17) is 4.74 Å². The first-order valence-corrected chi connectivity index (χ1v) is 11.0. The van der Waals surface area contributed by atoms with E-state index in [2.05, 4.69) is 15.1 Å². The summed E-state index contributed by atoms with van der Waals surface area (Å²) in [4.78, 5) is 30.2. The fourth-order valence-electron chi connectivity index (χ4n) is 5.64. The van der Waals surface area contributed by atoms with Crippen LogP contribution in [-0.2, 0) is 9.53 Å². The van der Waals surface area contributed by atoms with Crippen molar-refractivity contribution in [2.24, 2.45) is 11.8 Å². The lowest BCUT2D eigenvalue weighted by Crippen LogP contribution is -2.67. The molecule has 1 aromatic carbocycles. The molecule has 4 rings (SSSR count). The zero-order chi connectivity index (χ0) is 20.2. The van der Waals surface area contributed by atoms with Crippen LogP contribution in [0.15, 0.2) is 30.3 Å². The van der Waals surface area contributed by atoms with Gasteiger partial charge in [0.05, 0.1) is 6.04 Å². The highest BCUT2D eigenvalue weighted by atomic mass is 16.5. The van der Waals surface area contributed by atoms with Crippen LogP contribution >= 0.6 is 0 Å². The first-order valence-electron chi connectivity index (χ1n) is 11.0. The number of hydrogen-bond acceptors (Lipinski definition) is 4. The summed E-state index contributed by atoms with van der Waals surface area (Å²) < 4.78 is 5.23. The largest absolute Gasteiger partial charge is 0.385 e. The highest BCUT2D eigenvalue weighted by molar-refractivity contribution is 5.94. The van der Waals surface area contributed by atoms with Crippen LogP contribution in [0, 0.1) is 11.8 Å². The van der Waals surface area contributed by atoms with Gasteiger partial charge < -0.3 is 19.9 Å². The van der Waals surface area contributed by atoms with Crippen molar-refractivity contribution in [2.45, 2.75) is 44.2 Å². The van der Waals surface area contributed by atoms with Crippen LogP contribution in [0.4, 0.5) is 0 Å². The average molecular weight is 400 g/mol. The molecule has 2 bridgehead atoms. The van der Waals surface area contributed by atoms with Gasteiger partial charge in [0.25, 0.3) is 5.91 Å². The van der Waals surface area contributed by atoms with Gasteiger partial charge in [-0.1, -0.05) is 18.2 Å². The van der Waals surface area contributed by atoms with Crippen LogP contribution in [0.1, 0.15) is 42.5 Å². The zero-order valence-electron chi connectivity index (χ0n) is 17.4. The molecule has 0 unspecified atom stereocenters. The van der Waals surface area contributed by atoms with Gasteiger partial charge in [-0.3, -0.25) is 9.59 Å². The number of piperidine rings is 3. The molecule has 3 fully saturated rings. The van der Waals surface area contributed by atoms with Crippen LogP contribution in [-0.4, -0.2) is 73.6 Å². The van der Waals surface area contributed by atoms with Crippen molar-refractivity contribution >= 4 is 11.8 Å². The number of ether oxygens (including phenoxy) is 1. The van der Waals surface area contributed by atoms with Gasteiger partial charge in [-0.25, -0.2) is 0 Å². The summed E-state index contributed by atoms with van der Waals surface area (Å²) in [7, 11) is 1.75. The van der Waals surface area contributed by atoms with E-state index in [1.54, 1.807) is 7.11 Å². The van der Waals surface area contributed by atoms with Crippen molar-refractivity contribution in [1.82, 2.24) is 15.1 Å². The summed E-state index contributed by atoms with van der Waals surface area (Å²) in [6.45, 7) is 4.46. The lowest BCUT2D eigenvalue weighted by molar-refractivity contribution is -0.152. The smallest absolute Gasteiger partial charge is 0.251 e. The van der Waals surface area contributed by atoms with E-state index in [1.165, 1.54) is 6.42 Å². The Labute approximate surface area is 173 Å². The number of carbonyl (C=O) groups excluding carboxylic acids is 2. The molecule has 4 atom stereocenters. The van der Waals surface area contributed by atoms with Crippen LogP contribution in [0.2, 0.25) is 0 Å². The Morgan fingerprint density at radius 3 is 2.79 bits per heavy atom. The molecule has 0 aromatic heterocycles. The molecule has 158 valence electrons. The predicted octanol–water partition coefficient (Wildman–Crippen LogP) is 2.15. The van der Waals surface area contributed by atoms with Gasteiger partial charge in [0.1, 0.15) is 0 Å². The first kappa shape index (κ1) is 20.4. The quantitative estimate of drug-likeness (QED) is 0.714. The second-order valence-corrected chi connectivity index (χ2v) is 8.77. The molecular weight excluding hydrogens is 366 g/mol. The van der Waals surface area contributed by atoms with Crippen LogP contribution < -0.4 is 5.32 Å². The van der Waals surface area contributed by atoms with Crippen molar-refractivity contribution in [3.05, 3.63) is 35.9 Å². The highest BCUT2D eigenvalue weighted by Crippen LogP contribution is 2.41. The maximum atomic E-state index is 12.9. The van der Waals surface area contributed by atoms with Gasteiger partial charge in [-0.05, 0) is 49.7 Å². The van der Waals surface area contributed by atoms with E-state index in [-0.39, 0.29) is 17.9 Å². The summed E-state index contributed by atoms with van der Waals surface area (Å²) >= 11 is 0. The Morgan fingerprint density at radius 2 is 2.00 bits per heavy atom. The molecule has 29 heavy (non-hydrogen) atoms. The van der Waals surface area contributed by atoms with Crippen molar-refractivity contribution in [3.8, 4) is 0 Å². The normalized spacial score (nSPS) is 29.4. The van der Waals surface area contributed by atoms with Crippen molar-refractivity contribution in [1.29, 1.82) is 0 Å². The van der Waals surface area contributed by atoms with Gasteiger partial charge in [0, 0.05) is 57.9 Å². The lowest BCUT2D eigenvalue weighted by atomic mass is 9.72. The van der Waals surface area contributed by atoms with E-state index in [0.717, 1.165) is 45.5 Å². The number of rotatable bonds is 7. The van der Waals surface area contributed by atoms with E-state index < -0.39 is 0 Å². The SMILES string of the molecule is COCCCN1C[C@H]2C[C@@H](C1)[C@H](CNC(=O)c1ccccc1)N1C(=O)CCC[C@@H]21. The molecule has 3 heterocycles. The fraction of sp³-hybridized carbons (Fsp3) is 0.652. The minimum absolute atomic E-state index is 0.0542. The Morgan fingerprint density at radius 1 is 1.21 bits per heavy atom. The molecule has 0 aliphatic carbocycles. The standard InChI is InChI=1S/C23H33N3O3/c1-29-12-6-11-25-15-18-13-19(16-25)21(26-20(18)9-5-10-22(26)27)14-24-23(28)17-7-3-2-4-8-17/h2-4,7-8,18-21H,5-6,9-16H2,1H3,(H,24,28)/t18-,19+,20+,21+/m1/s1. The number of hydrogen-bond donors (Lipinski definition) is 1. The lowest BCUT2D eigenvalue weighted by Gasteiger charge is -2.56. The number of amides is 2. The van der Waals surface area contributed by atoms with E-state index >= 15 is 0 Å². The summed E-state index contributed by atoms with van der Waals surface area (Å²) in [5.41, 5.74) is 0.674. The van der Waals surface area contributed by atoms with E-state index in [1.807, 2.05) is 30.3 Å². The third-order valence-electron chi connectivity index (χ3n) is 6.90. The zero-order valence-corrected chi connectivity index (χ0v) is 17.4. The van der Waals surface area contributed by atoms with Gasteiger partial charge in [-0.2, -0.15) is 0 Å². The maximum Gasteiger partial charge on any atom is 0.251 e. The number of fused-ring (bicyclic) bond motifs is 4. The van der Waals surface area contributed by atoms with Gasteiger partial charge >= 0.3 is 0 Å². The highest BCUT2D eigenvalue weighted by Gasteiger charge is 2.49. The summed E-state index contributed by atoms with van der Waals surface area (Å²) in [5.74, 6) is 1.21. The molecule has 0 radical (unpaired) electrons. The minimum Gasteiger partial charge on any atom is -0.385 e. The Kier molecular flexibility index (Phi) is 6.50. The number of likely N-dealkylation sites (tertiary alicyclic amines) is 1. The number of methoxy groups -OCH3 is 1. The molecule has 2 amide bonds. The monoisotopic (exact) mass is 399 g/mol. The number of benzene rings is 1. The molecule has 0 spiro atoms. The van der Waals surface area contributed by atoms with Crippen molar-refractivity contribution in [2.75, 3.05) is 39.9 Å². The summed E-state index contributed by atoms with van der Waals surface area (Å²) in [6.07, 6.45) is 4.95. The summed E-state index contributed by atoms with van der Waals surface area (Å²) in [5, 5.41) is 3.12. The first-order chi connectivity index (χ1) is 14.2. The average Bonchev–Trinajstić information content (AvgIpc) is 2.75. The molecule has 1 aromatic rings. The summed E-state index contributed by atoms with van der Waals surface area (Å²) in [6, 6.07) is 9.76. The molecule has 6 nitrogen and oxygen atoms in total. The molecule has 3 saturated heterocycles. The van der Waals surface area contributed by atoms with Crippen LogP contribution in [0.5, 0.6) is 0 Å². The molecular formula is C23H33N3O3. The second-order valence-electron chi connectivity index (χ2n) is 8.77. The third kappa shape index (κ3) is 4.48. The number of carbonyl (C=O) groups is 2. The Hall–Kier alpha value is -1.92. The maximum absolute atomic E-state index is 12.9. The van der Waals surface area contributed by atoms with Crippen molar-refractivity contribution in [3.63, 3.8) is 0 Å². The fourth-order valence-corrected chi connectivity index (χ4v) is 5.64. The molecule has 3 aliphatic heterocycles. The third-order valence-corrected chi connectivity index (χ3v) is 6.90. The van der Waals surface area contributed by atoms with Crippen LogP contribution in [0.3, 0.4) is 0 Å². The van der Waals surface area contributed by atoms with E-state index in [9.17, 15) is 9.59 Å². The topological polar surface area (TPSA) is 61.9 Å². The Balaban J connectivity index is 1.47.